The first-order valence-corrected chi connectivity index (χ1v) is 11.9. The average molecular weight is 488 g/mol. The Morgan fingerprint density at radius 3 is 2.89 bits per heavy atom. The summed E-state index contributed by atoms with van der Waals surface area (Å²) in [6, 6.07) is 16.1. The van der Waals surface area contributed by atoms with Crippen LogP contribution in [0.25, 0.3) is 22.2 Å². The number of thioether (sulfide) groups is 1. The van der Waals surface area contributed by atoms with E-state index in [1.165, 1.54) is 23.9 Å². The second-order valence-corrected chi connectivity index (χ2v) is 9.05. The molecule has 0 aliphatic heterocycles. The standard InChI is InChI=1S/C25H21N5O4S/c1-16-14-29(10-9-18-13-26-22-8-3-2-7-21(18)22)25(31)27-24(16)35-15-20-12-23(28-34-20)17-5-4-6-19(11-17)30(32)33/h2-8,11-14,26H,9-10,15H2,1H3. The lowest BCUT2D eigenvalue weighted by Gasteiger charge is -2.09. The van der Waals surface area contributed by atoms with Crippen LogP contribution in [0, 0.1) is 17.0 Å². The van der Waals surface area contributed by atoms with Gasteiger partial charge in [-0.05, 0) is 30.5 Å². The van der Waals surface area contributed by atoms with Gasteiger partial charge in [-0.1, -0.05) is 47.3 Å². The molecule has 5 rings (SSSR count). The zero-order valence-corrected chi connectivity index (χ0v) is 19.6. The molecule has 176 valence electrons. The number of nitro benzene ring substituents is 1. The number of nitrogens with one attached hydrogen (secondary N) is 1. The number of aromatic nitrogens is 4. The van der Waals surface area contributed by atoms with E-state index in [0.717, 1.165) is 28.5 Å². The fraction of sp³-hybridized carbons (Fsp3) is 0.160. The maximum Gasteiger partial charge on any atom is 0.348 e. The van der Waals surface area contributed by atoms with Crippen molar-refractivity contribution in [1.29, 1.82) is 0 Å². The van der Waals surface area contributed by atoms with E-state index >= 15 is 0 Å². The van der Waals surface area contributed by atoms with Crippen LogP contribution in [0.4, 0.5) is 5.69 Å². The second kappa shape index (κ2) is 9.59. The molecule has 10 heteroatoms. The van der Waals surface area contributed by atoms with Gasteiger partial charge in [0.1, 0.15) is 16.5 Å². The number of aromatic amines is 1. The largest absolute Gasteiger partial charge is 0.361 e. The van der Waals surface area contributed by atoms with Crippen molar-refractivity contribution in [1.82, 2.24) is 19.7 Å². The van der Waals surface area contributed by atoms with Gasteiger partial charge < -0.3 is 9.51 Å². The van der Waals surface area contributed by atoms with Gasteiger partial charge in [0.05, 0.1) is 10.7 Å². The third kappa shape index (κ3) is 4.87. The minimum Gasteiger partial charge on any atom is -0.361 e. The minimum atomic E-state index is -0.447. The normalized spacial score (nSPS) is 11.2. The highest BCUT2D eigenvalue weighted by Gasteiger charge is 2.13. The van der Waals surface area contributed by atoms with Gasteiger partial charge in [0.15, 0.2) is 0 Å². The molecule has 0 radical (unpaired) electrons. The maximum absolute atomic E-state index is 12.6. The van der Waals surface area contributed by atoms with Crippen LogP contribution in [-0.2, 0) is 18.7 Å². The van der Waals surface area contributed by atoms with E-state index in [1.807, 2.05) is 37.5 Å². The molecule has 0 aliphatic carbocycles. The molecule has 3 aromatic heterocycles. The van der Waals surface area contributed by atoms with Crippen LogP contribution in [0.5, 0.6) is 0 Å². The summed E-state index contributed by atoms with van der Waals surface area (Å²) in [5.74, 6) is 1.01. The highest BCUT2D eigenvalue weighted by molar-refractivity contribution is 7.98. The summed E-state index contributed by atoms with van der Waals surface area (Å²) in [4.78, 5) is 30.7. The zero-order valence-electron chi connectivity index (χ0n) is 18.8. The number of non-ortho nitro benzene ring substituents is 1. The molecule has 2 aromatic carbocycles. The summed E-state index contributed by atoms with van der Waals surface area (Å²) in [6.45, 7) is 2.46. The van der Waals surface area contributed by atoms with E-state index in [4.69, 9.17) is 4.52 Å². The van der Waals surface area contributed by atoms with E-state index in [9.17, 15) is 14.9 Å². The molecule has 0 spiro atoms. The Bertz CT molecular complexity index is 1590. The number of H-pyrrole nitrogens is 1. The van der Waals surface area contributed by atoms with Gasteiger partial charge in [-0.3, -0.25) is 14.7 Å². The van der Waals surface area contributed by atoms with Crippen LogP contribution < -0.4 is 5.69 Å². The maximum atomic E-state index is 12.6. The van der Waals surface area contributed by atoms with Crippen LogP contribution >= 0.6 is 11.8 Å². The van der Waals surface area contributed by atoms with E-state index in [2.05, 4.69) is 21.2 Å². The Balaban J connectivity index is 1.25. The first-order valence-electron chi connectivity index (χ1n) is 10.9. The van der Waals surface area contributed by atoms with Gasteiger partial charge in [0.25, 0.3) is 5.69 Å². The summed E-state index contributed by atoms with van der Waals surface area (Å²) in [5.41, 5.74) is 3.95. The van der Waals surface area contributed by atoms with Crippen molar-refractivity contribution in [2.45, 2.75) is 30.7 Å². The van der Waals surface area contributed by atoms with Gasteiger partial charge >= 0.3 is 5.69 Å². The van der Waals surface area contributed by atoms with Gasteiger partial charge in [-0.25, -0.2) is 4.79 Å². The van der Waals surface area contributed by atoms with Gasteiger partial charge in [0.2, 0.25) is 0 Å². The number of hydrogen-bond donors (Lipinski definition) is 1. The number of nitro groups is 1. The summed E-state index contributed by atoms with van der Waals surface area (Å²) in [7, 11) is 0. The summed E-state index contributed by atoms with van der Waals surface area (Å²) in [5, 5.41) is 16.8. The highest BCUT2D eigenvalue weighted by Crippen LogP contribution is 2.27. The van der Waals surface area contributed by atoms with E-state index in [0.29, 0.717) is 34.3 Å². The number of hydrogen-bond acceptors (Lipinski definition) is 7. The molecular formula is C25H21N5O4S. The molecular weight excluding hydrogens is 466 g/mol. The number of nitrogens with zero attached hydrogens (tertiary/aromatic N) is 4. The minimum absolute atomic E-state index is 0.00786. The Morgan fingerprint density at radius 2 is 2.03 bits per heavy atom. The summed E-state index contributed by atoms with van der Waals surface area (Å²) in [6.07, 6.45) is 4.54. The van der Waals surface area contributed by atoms with Crippen LogP contribution in [0.1, 0.15) is 16.9 Å². The molecule has 0 bridgehead atoms. The quantitative estimate of drug-likeness (QED) is 0.139. The van der Waals surface area contributed by atoms with Crippen molar-refractivity contribution in [3.05, 3.63) is 104 Å². The topological polar surface area (TPSA) is 120 Å². The number of rotatable bonds is 8. The van der Waals surface area contributed by atoms with E-state index in [-0.39, 0.29) is 11.4 Å². The molecule has 35 heavy (non-hydrogen) atoms. The number of benzene rings is 2. The van der Waals surface area contributed by atoms with Crippen LogP contribution in [0.3, 0.4) is 0 Å². The van der Waals surface area contributed by atoms with E-state index < -0.39 is 4.92 Å². The smallest absolute Gasteiger partial charge is 0.348 e. The molecule has 0 amide bonds. The highest BCUT2D eigenvalue weighted by atomic mass is 32.2. The number of fused-ring (bicyclic) bond motifs is 1. The number of aryl methyl sites for hydroxylation is 3. The third-order valence-electron chi connectivity index (χ3n) is 5.69. The van der Waals surface area contributed by atoms with Crippen molar-refractivity contribution >= 4 is 28.4 Å². The first kappa shape index (κ1) is 22.6. The van der Waals surface area contributed by atoms with Crippen LogP contribution in [0.2, 0.25) is 0 Å². The third-order valence-corrected chi connectivity index (χ3v) is 6.81. The molecule has 0 atom stereocenters. The Morgan fingerprint density at radius 1 is 1.17 bits per heavy atom. The van der Waals surface area contributed by atoms with Crippen molar-refractivity contribution < 1.29 is 9.45 Å². The fourth-order valence-electron chi connectivity index (χ4n) is 3.90. The Kier molecular flexibility index (Phi) is 6.19. The molecule has 0 fully saturated rings. The second-order valence-electron chi connectivity index (χ2n) is 8.09. The predicted molar refractivity (Wildman–Crippen MR) is 133 cm³/mol. The summed E-state index contributed by atoms with van der Waals surface area (Å²) >= 11 is 1.39. The van der Waals surface area contributed by atoms with Crippen molar-refractivity contribution in [3.8, 4) is 11.3 Å². The lowest BCUT2D eigenvalue weighted by atomic mass is 10.1. The average Bonchev–Trinajstić information content (AvgIpc) is 3.51. The molecule has 1 N–H and O–H groups in total. The van der Waals surface area contributed by atoms with Gasteiger partial charge in [0, 0.05) is 53.6 Å². The lowest BCUT2D eigenvalue weighted by molar-refractivity contribution is -0.384. The van der Waals surface area contributed by atoms with Gasteiger partial charge in [-0.2, -0.15) is 4.98 Å². The molecule has 0 aliphatic rings. The molecule has 0 saturated heterocycles. The number of para-hydroxylation sites is 1. The van der Waals surface area contributed by atoms with Crippen molar-refractivity contribution in [2.24, 2.45) is 0 Å². The molecule has 0 unspecified atom stereocenters. The Labute approximate surface area is 204 Å². The van der Waals surface area contributed by atoms with Gasteiger partial charge in [-0.15, -0.1) is 0 Å². The molecule has 3 heterocycles. The lowest BCUT2D eigenvalue weighted by Crippen LogP contribution is -2.24. The van der Waals surface area contributed by atoms with E-state index in [1.54, 1.807) is 22.8 Å². The SMILES string of the molecule is Cc1cn(CCc2c[nH]c3ccccc23)c(=O)nc1SCc1cc(-c2cccc([N+](=O)[O-])c2)no1. The first-order chi connectivity index (χ1) is 17.0. The zero-order chi connectivity index (χ0) is 24.4. The van der Waals surface area contributed by atoms with Crippen LogP contribution in [0.15, 0.2) is 81.3 Å². The fourth-order valence-corrected chi connectivity index (χ4v) is 4.74. The van der Waals surface area contributed by atoms with Crippen LogP contribution in [-0.4, -0.2) is 24.6 Å². The Hall–Kier alpha value is -4.18. The monoisotopic (exact) mass is 487 g/mol. The van der Waals surface area contributed by atoms with Crippen molar-refractivity contribution in [3.63, 3.8) is 0 Å². The molecule has 9 nitrogen and oxygen atoms in total. The summed E-state index contributed by atoms with van der Waals surface area (Å²) < 4.78 is 7.03. The predicted octanol–water partition coefficient (Wildman–Crippen LogP) is 5.13. The van der Waals surface area contributed by atoms with Crippen molar-refractivity contribution in [2.75, 3.05) is 0 Å². The molecule has 0 saturated carbocycles. The molecule has 5 aromatic rings.